The van der Waals surface area contributed by atoms with Gasteiger partial charge >= 0.3 is 5.69 Å². The SMILES string of the molecule is Cc1nc(C)c(C(=O)N2[C@@H]3CC[C@H]2Cc2nn(CC(C)C)c(=O)n2C3)s1. The van der Waals surface area contributed by atoms with Crippen molar-refractivity contribution < 1.29 is 4.79 Å². The summed E-state index contributed by atoms with van der Waals surface area (Å²) in [6, 6.07) is 0.176. The Morgan fingerprint density at radius 1 is 1.27 bits per heavy atom. The highest BCUT2D eigenvalue weighted by molar-refractivity contribution is 7.13. The molecule has 2 aromatic rings. The fraction of sp³-hybridized carbons (Fsp3) is 0.667. The van der Waals surface area contributed by atoms with Crippen LogP contribution in [0.15, 0.2) is 4.79 Å². The summed E-state index contributed by atoms with van der Waals surface area (Å²) in [5.74, 6) is 1.26. The Morgan fingerprint density at radius 3 is 2.65 bits per heavy atom. The van der Waals surface area contributed by atoms with Crippen LogP contribution in [0.25, 0.3) is 0 Å². The third-order valence-electron chi connectivity index (χ3n) is 5.30. The van der Waals surface area contributed by atoms with Crippen LogP contribution in [0.3, 0.4) is 0 Å². The van der Waals surface area contributed by atoms with E-state index >= 15 is 0 Å². The van der Waals surface area contributed by atoms with Gasteiger partial charge < -0.3 is 4.90 Å². The number of hydrogen-bond donors (Lipinski definition) is 0. The standard InChI is InChI=1S/C18H25N5O2S/c1-10(2)8-22-18(25)21-9-14-6-5-13(7-15(21)20-22)23(14)17(24)16-11(3)19-12(4)26-16/h10,13-14H,5-9H2,1-4H3/t13-,14+/m0/s1. The third-order valence-corrected chi connectivity index (χ3v) is 6.36. The van der Waals surface area contributed by atoms with Gasteiger partial charge in [-0.15, -0.1) is 11.3 Å². The molecule has 0 aliphatic carbocycles. The third kappa shape index (κ3) is 2.80. The summed E-state index contributed by atoms with van der Waals surface area (Å²) in [6.45, 7) is 9.17. The monoisotopic (exact) mass is 375 g/mol. The number of carbonyl (C=O) groups is 1. The van der Waals surface area contributed by atoms with E-state index in [2.05, 4.69) is 23.9 Å². The van der Waals surface area contributed by atoms with Gasteiger partial charge in [0.05, 0.1) is 16.7 Å². The molecular formula is C18H25N5O2S. The Kier molecular flexibility index (Phi) is 4.25. The minimum Gasteiger partial charge on any atom is -0.330 e. The Balaban J connectivity index is 1.65. The second-order valence-electron chi connectivity index (χ2n) is 7.83. The smallest absolute Gasteiger partial charge is 0.330 e. The lowest BCUT2D eigenvalue weighted by Gasteiger charge is -2.27. The van der Waals surface area contributed by atoms with Gasteiger partial charge in [-0.1, -0.05) is 13.8 Å². The second-order valence-corrected chi connectivity index (χ2v) is 9.04. The first-order valence-electron chi connectivity index (χ1n) is 9.28. The molecule has 2 bridgehead atoms. The average molecular weight is 375 g/mol. The molecule has 4 heterocycles. The molecular weight excluding hydrogens is 350 g/mol. The van der Waals surface area contributed by atoms with Crippen molar-refractivity contribution >= 4 is 17.2 Å². The van der Waals surface area contributed by atoms with Crippen molar-refractivity contribution in [3.63, 3.8) is 0 Å². The second kappa shape index (κ2) is 6.33. The molecule has 2 aliphatic rings. The summed E-state index contributed by atoms with van der Waals surface area (Å²) in [4.78, 5) is 33.1. The number of rotatable bonds is 3. The van der Waals surface area contributed by atoms with E-state index in [1.807, 2.05) is 18.7 Å². The number of hydrogen-bond acceptors (Lipinski definition) is 5. The molecule has 140 valence electrons. The summed E-state index contributed by atoms with van der Waals surface area (Å²) in [5.41, 5.74) is 0.761. The van der Waals surface area contributed by atoms with Crippen LogP contribution in [0.1, 0.15) is 52.9 Å². The van der Waals surface area contributed by atoms with E-state index in [4.69, 9.17) is 0 Å². The molecule has 8 heteroatoms. The van der Waals surface area contributed by atoms with Crippen LogP contribution in [0.2, 0.25) is 0 Å². The van der Waals surface area contributed by atoms with E-state index in [-0.39, 0.29) is 23.7 Å². The van der Waals surface area contributed by atoms with Gasteiger partial charge in [0.2, 0.25) is 0 Å². The molecule has 0 N–H and O–H groups in total. The van der Waals surface area contributed by atoms with E-state index in [0.29, 0.717) is 25.4 Å². The van der Waals surface area contributed by atoms with Crippen molar-refractivity contribution in [3.8, 4) is 0 Å². The van der Waals surface area contributed by atoms with Crippen LogP contribution < -0.4 is 5.69 Å². The molecule has 26 heavy (non-hydrogen) atoms. The average Bonchev–Trinajstić information content (AvgIpc) is 3.14. The molecule has 0 unspecified atom stereocenters. The highest BCUT2D eigenvalue weighted by Gasteiger charge is 2.42. The molecule has 1 saturated heterocycles. The number of nitrogens with zero attached hydrogens (tertiary/aromatic N) is 5. The molecule has 4 rings (SSSR count). The van der Waals surface area contributed by atoms with E-state index in [1.54, 1.807) is 9.25 Å². The van der Waals surface area contributed by atoms with E-state index in [1.165, 1.54) is 11.3 Å². The fourth-order valence-electron chi connectivity index (χ4n) is 4.23. The zero-order valence-electron chi connectivity index (χ0n) is 15.7. The highest BCUT2D eigenvalue weighted by atomic mass is 32.1. The van der Waals surface area contributed by atoms with Crippen LogP contribution in [-0.4, -0.2) is 42.2 Å². The van der Waals surface area contributed by atoms with E-state index in [9.17, 15) is 9.59 Å². The Bertz CT molecular complexity index is 909. The molecule has 0 spiro atoms. The largest absolute Gasteiger partial charge is 0.345 e. The minimum atomic E-state index is -0.0431. The predicted octanol–water partition coefficient (Wildman–Crippen LogP) is 2.00. The van der Waals surface area contributed by atoms with Gasteiger partial charge in [-0.05, 0) is 32.6 Å². The number of carbonyl (C=O) groups excluding carboxylic acids is 1. The molecule has 1 fully saturated rings. The lowest BCUT2D eigenvalue weighted by atomic mass is 10.1. The molecule has 0 saturated carbocycles. The number of aromatic nitrogens is 4. The van der Waals surface area contributed by atoms with Crippen molar-refractivity contribution in [2.24, 2.45) is 5.92 Å². The van der Waals surface area contributed by atoms with Crippen LogP contribution >= 0.6 is 11.3 Å². The van der Waals surface area contributed by atoms with Gasteiger partial charge in [0.1, 0.15) is 10.7 Å². The van der Waals surface area contributed by atoms with Crippen LogP contribution in [0.5, 0.6) is 0 Å². The number of fused-ring (bicyclic) bond motifs is 3. The normalized spacial score (nSPS) is 22.0. The van der Waals surface area contributed by atoms with Gasteiger partial charge in [-0.2, -0.15) is 5.10 Å². The zero-order valence-corrected chi connectivity index (χ0v) is 16.5. The quantitative estimate of drug-likeness (QED) is 0.823. The predicted molar refractivity (Wildman–Crippen MR) is 99.6 cm³/mol. The zero-order chi connectivity index (χ0) is 18.6. The molecule has 1 amide bonds. The van der Waals surface area contributed by atoms with Gasteiger partial charge in [0.15, 0.2) is 0 Å². The molecule has 0 radical (unpaired) electrons. The molecule has 0 aromatic carbocycles. The lowest BCUT2D eigenvalue weighted by Crippen LogP contribution is -2.43. The molecule has 2 atom stereocenters. The minimum absolute atomic E-state index is 0.0431. The maximum Gasteiger partial charge on any atom is 0.345 e. The first-order chi connectivity index (χ1) is 12.3. The van der Waals surface area contributed by atoms with Gasteiger partial charge in [-0.3, -0.25) is 9.36 Å². The Hall–Kier alpha value is -1.96. The Labute approximate surface area is 156 Å². The topological polar surface area (TPSA) is 73.0 Å². The first kappa shape index (κ1) is 17.5. The first-order valence-corrected chi connectivity index (χ1v) is 10.1. The molecule has 7 nitrogen and oxygen atoms in total. The fourth-order valence-corrected chi connectivity index (χ4v) is 5.09. The molecule has 2 aromatic heterocycles. The number of amides is 1. The van der Waals surface area contributed by atoms with Crippen LogP contribution in [-0.2, 0) is 19.5 Å². The lowest BCUT2D eigenvalue weighted by molar-refractivity contribution is 0.0669. The van der Waals surface area contributed by atoms with E-state index in [0.717, 1.165) is 34.2 Å². The summed E-state index contributed by atoms with van der Waals surface area (Å²) < 4.78 is 3.38. The van der Waals surface area contributed by atoms with Crippen molar-refractivity contribution in [1.29, 1.82) is 0 Å². The molecule has 2 aliphatic heterocycles. The summed E-state index contributed by atoms with van der Waals surface area (Å²) in [5, 5.41) is 5.49. The van der Waals surface area contributed by atoms with Crippen LogP contribution in [0, 0.1) is 19.8 Å². The number of thiazole rings is 1. The van der Waals surface area contributed by atoms with Crippen LogP contribution in [0.4, 0.5) is 0 Å². The van der Waals surface area contributed by atoms with Crippen molar-refractivity contribution in [1.82, 2.24) is 24.2 Å². The highest BCUT2D eigenvalue weighted by Crippen LogP contribution is 2.33. The van der Waals surface area contributed by atoms with E-state index < -0.39 is 0 Å². The number of aryl methyl sites for hydroxylation is 2. The van der Waals surface area contributed by atoms with Gasteiger partial charge in [0.25, 0.3) is 5.91 Å². The Morgan fingerprint density at radius 2 is 2.00 bits per heavy atom. The summed E-state index contributed by atoms with van der Waals surface area (Å²) >= 11 is 1.46. The summed E-state index contributed by atoms with van der Waals surface area (Å²) in [6.07, 6.45) is 2.56. The van der Waals surface area contributed by atoms with Crippen molar-refractivity contribution in [2.75, 3.05) is 0 Å². The maximum atomic E-state index is 13.2. The van der Waals surface area contributed by atoms with Crippen molar-refractivity contribution in [3.05, 3.63) is 31.9 Å². The van der Waals surface area contributed by atoms with Gasteiger partial charge in [0, 0.05) is 25.6 Å². The van der Waals surface area contributed by atoms with Gasteiger partial charge in [-0.25, -0.2) is 14.5 Å². The maximum absolute atomic E-state index is 13.2. The van der Waals surface area contributed by atoms with Crippen molar-refractivity contribution in [2.45, 2.75) is 72.1 Å². The summed E-state index contributed by atoms with van der Waals surface area (Å²) in [7, 11) is 0.